The Balaban J connectivity index is 2.90. The molecular weight excluding hydrogens is 252 g/mol. The molecular formula is C17H35O3+. The molecule has 0 rings (SSSR count). The largest absolute Gasteiger partial charge is 0.379 e. The first kappa shape index (κ1) is 19.6. The molecule has 0 aliphatic carbocycles. The second-order valence-corrected chi connectivity index (χ2v) is 5.38. The fourth-order valence-corrected chi connectivity index (χ4v) is 2.10. The van der Waals surface area contributed by atoms with Crippen LogP contribution in [0.5, 0.6) is 0 Å². The van der Waals surface area contributed by atoms with E-state index in [4.69, 9.17) is 14.3 Å². The van der Waals surface area contributed by atoms with Crippen molar-refractivity contribution in [1.82, 2.24) is 0 Å². The van der Waals surface area contributed by atoms with Gasteiger partial charge in [0, 0.05) is 13.2 Å². The Hall–Kier alpha value is -0.410. The number of carbonyl (C=O) groups excluding carboxylic acids is 1. The van der Waals surface area contributed by atoms with Gasteiger partial charge in [-0.2, -0.15) is 0 Å². The standard InChI is InChI=1S/C17H34O3/c1-2-3-4-5-6-7-8-11-14-19-16-17-20-15-12-9-10-13-18/h13H,2-12,14-17H2,1H3/p+1. The highest BCUT2D eigenvalue weighted by Crippen LogP contribution is 2.08. The van der Waals surface area contributed by atoms with Gasteiger partial charge in [-0.15, -0.1) is 0 Å². The van der Waals surface area contributed by atoms with E-state index in [9.17, 15) is 0 Å². The van der Waals surface area contributed by atoms with Gasteiger partial charge in [-0.25, -0.2) is 0 Å². The normalized spacial score (nSPS) is 10.8. The third kappa shape index (κ3) is 17.6. The molecule has 120 valence electrons. The minimum absolute atomic E-state index is 0.694. The summed E-state index contributed by atoms with van der Waals surface area (Å²) in [6.07, 6.45) is 14.7. The van der Waals surface area contributed by atoms with E-state index in [1.807, 2.05) is 0 Å². The highest BCUT2D eigenvalue weighted by Gasteiger charge is 1.94. The van der Waals surface area contributed by atoms with E-state index in [0.29, 0.717) is 13.2 Å². The number of rotatable bonds is 17. The van der Waals surface area contributed by atoms with E-state index in [0.717, 1.165) is 32.5 Å². The molecule has 20 heavy (non-hydrogen) atoms. The summed E-state index contributed by atoms with van der Waals surface area (Å²) < 4.78 is 11.0. The van der Waals surface area contributed by atoms with Crippen LogP contribution in [0.1, 0.15) is 77.6 Å². The summed E-state index contributed by atoms with van der Waals surface area (Å²) in [4.78, 5) is 8.50. The first-order chi connectivity index (χ1) is 9.91. The summed E-state index contributed by atoms with van der Waals surface area (Å²) >= 11 is 0. The van der Waals surface area contributed by atoms with Gasteiger partial charge in [-0.3, -0.25) is 4.79 Å². The van der Waals surface area contributed by atoms with Crippen LogP contribution in [0.15, 0.2) is 0 Å². The van der Waals surface area contributed by atoms with Gasteiger partial charge in [0.2, 0.25) is 0 Å². The first-order valence-corrected chi connectivity index (χ1v) is 8.53. The van der Waals surface area contributed by atoms with Crippen LogP contribution < -0.4 is 0 Å². The van der Waals surface area contributed by atoms with E-state index in [1.165, 1.54) is 57.7 Å². The van der Waals surface area contributed by atoms with Crippen molar-refractivity contribution < 1.29 is 14.3 Å². The van der Waals surface area contributed by atoms with Crippen LogP contribution in [-0.2, 0) is 9.47 Å². The fourth-order valence-electron chi connectivity index (χ4n) is 2.10. The molecule has 0 spiro atoms. The number of hydrogen-bond acceptors (Lipinski definition) is 2. The van der Waals surface area contributed by atoms with E-state index >= 15 is 0 Å². The Labute approximate surface area is 125 Å². The highest BCUT2D eigenvalue weighted by molar-refractivity contribution is 5.50. The summed E-state index contributed by atoms with van der Waals surface area (Å²) in [5.41, 5.74) is 0. The van der Waals surface area contributed by atoms with Crippen molar-refractivity contribution in [2.75, 3.05) is 26.4 Å². The minimum atomic E-state index is 0.694. The molecule has 0 fully saturated rings. The zero-order valence-electron chi connectivity index (χ0n) is 13.4. The molecule has 0 aromatic rings. The van der Waals surface area contributed by atoms with Crippen molar-refractivity contribution >= 4 is 6.29 Å². The van der Waals surface area contributed by atoms with E-state index < -0.39 is 0 Å². The van der Waals surface area contributed by atoms with Gasteiger partial charge in [0.25, 0.3) is 6.29 Å². The zero-order valence-corrected chi connectivity index (χ0v) is 13.4. The number of aldehydes is 1. The smallest absolute Gasteiger partial charge is 0.281 e. The Morgan fingerprint density at radius 3 is 1.70 bits per heavy atom. The van der Waals surface area contributed by atoms with Gasteiger partial charge in [0.15, 0.2) is 0 Å². The lowest BCUT2D eigenvalue weighted by molar-refractivity contribution is 0.0451. The minimum Gasteiger partial charge on any atom is -0.379 e. The lowest BCUT2D eigenvalue weighted by Gasteiger charge is -2.05. The average molecular weight is 287 g/mol. The molecule has 0 aromatic carbocycles. The van der Waals surface area contributed by atoms with E-state index in [2.05, 4.69) is 6.92 Å². The molecule has 3 nitrogen and oxygen atoms in total. The van der Waals surface area contributed by atoms with Crippen molar-refractivity contribution in [3.8, 4) is 0 Å². The van der Waals surface area contributed by atoms with Crippen molar-refractivity contribution in [1.29, 1.82) is 0 Å². The van der Waals surface area contributed by atoms with E-state index in [1.54, 1.807) is 0 Å². The lowest BCUT2D eigenvalue weighted by atomic mass is 10.1. The molecule has 3 heteroatoms. The molecule has 0 heterocycles. The van der Waals surface area contributed by atoms with Crippen LogP contribution in [0, 0.1) is 0 Å². The molecule has 0 saturated carbocycles. The van der Waals surface area contributed by atoms with Gasteiger partial charge in [-0.05, 0) is 19.3 Å². The third-order valence-corrected chi connectivity index (χ3v) is 3.39. The maximum atomic E-state index is 8.50. The Bertz CT molecular complexity index is 183. The summed E-state index contributed by atoms with van der Waals surface area (Å²) in [6, 6.07) is 0. The van der Waals surface area contributed by atoms with Gasteiger partial charge >= 0.3 is 0 Å². The summed E-state index contributed by atoms with van der Waals surface area (Å²) in [7, 11) is 0. The average Bonchev–Trinajstić information content (AvgIpc) is 2.47. The van der Waals surface area contributed by atoms with Crippen molar-refractivity contribution in [2.24, 2.45) is 0 Å². The monoisotopic (exact) mass is 287 g/mol. The second kappa shape index (κ2) is 18.6. The number of unbranched alkanes of at least 4 members (excludes halogenated alkanes) is 9. The molecule has 0 radical (unpaired) electrons. The quantitative estimate of drug-likeness (QED) is 0.224. The number of hydrogen-bond donors (Lipinski definition) is 0. The molecule has 0 aliphatic rings. The van der Waals surface area contributed by atoms with Crippen LogP contribution >= 0.6 is 0 Å². The Morgan fingerprint density at radius 1 is 0.650 bits per heavy atom. The van der Waals surface area contributed by atoms with Crippen molar-refractivity contribution in [3.63, 3.8) is 0 Å². The fraction of sp³-hybridized carbons (Fsp3) is 0.941. The van der Waals surface area contributed by atoms with Gasteiger partial charge in [-0.1, -0.05) is 51.9 Å². The third-order valence-electron chi connectivity index (χ3n) is 3.39. The molecule has 0 saturated heterocycles. The summed E-state index contributed by atoms with van der Waals surface area (Å²) in [6.45, 7) is 5.31. The molecule has 0 aromatic heterocycles. The topological polar surface area (TPSA) is 39.9 Å². The molecule has 0 atom stereocenters. The van der Waals surface area contributed by atoms with Gasteiger partial charge in [0.1, 0.15) is 0 Å². The molecule has 0 aliphatic heterocycles. The van der Waals surface area contributed by atoms with E-state index in [-0.39, 0.29) is 0 Å². The molecule has 0 unspecified atom stereocenters. The van der Waals surface area contributed by atoms with Crippen molar-refractivity contribution in [3.05, 3.63) is 0 Å². The van der Waals surface area contributed by atoms with Crippen LogP contribution in [0.3, 0.4) is 0 Å². The summed E-state index contributed by atoms with van der Waals surface area (Å²) in [5, 5.41) is 0. The van der Waals surface area contributed by atoms with Crippen LogP contribution in [0.2, 0.25) is 0 Å². The molecule has 0 bridgehead atoms. The molecule has 0 amide bonds. The highest BCUT2D eigenvalue weighted by atomic mass is 16.5. The predicted molar refractivity (Wildman–Crippen MR) is 86.1 cm³/mol. The molecule has 1 N–H and O–H groups in total. The van der Waals surface area contributed by atoms with Gasteiger partial charge < -0.3 is 9.47 Å². The zero-order chi connectivity index (χ0) is 14.7. The Kier molecular flexibility index (Phi) is 18.2. The SMILES string of the molecule is CCCCCCCCCCOCCOCCCCC=[OH+]. The number of ether oxygens (including phenoxy) is 2. The van der Waals surface area contributed by atoms with Crippen LogP contribution in [0.25, 0.3) is 0 Å². The predicted octanol–water partition coefficient (Wildman–Crippen LogP) is 4.51. The Morgan fingerprint density at radius 2 is 1.15 bits per heavy atom. The maximum absolute atomic E-state index is 8.50. The van der Waals surface area contributed by atoms with Crippen LogP contribution in [0.4, 0.5) is 0 Å². The van der Waals surface area contributed by atoms with Gasteiger partial charge in [0.05, 0.1) is 19.6 Å². The van der Waals surface area contributed by atoms with Crippen molar-refractivity contribution in [2.45, 2.75) is 77.6 Å². The first-order valence-electron chi connectivity index (χ1n) is 8.53. The lowest BCUT2D eigenvalue weighted by Crippen LogP contribution is -2.06. The second-order valence-electron chi connectivity index (χ2n) is 5.38. The summed E-state index contributed by atoms with van der Waals surface area (Å²) in [5.74, 6) is 0. The van der Waals surface area contributed by atoms with Crippen LogP contribution in [-0.4, -0.2) is 37.5 Å². The maximum Gasteiger partial charge on any atom is 0.281 e.